The molecule has 9 nitrogen and oxygen atoms in total. The van der Waals surface area contributed by atoms with Crippen LogP contribution in [-0.4, -0.2) is 42.6 Å². The minimum atomic E-state index is -0.817. The summed E-state index contributed by atoms with van der Waals surface area (Å²) in [6, 6.07) is 7.85. The van der Waals surface area contributed by atoms with Crippen LogP contribution in [0.5, 0.6) is 23.0 Å². The molecular formula is C28H29BrN2O7S. The predicted octanol–water partition coefficient (Wildman–Crippen LogP) is 4.07. The van der Waals surface area contributed by atoms with Crippen LogP contribution in [0.2, 0.25) is 0 Å². The molecule has 0 aliphatic carbocycles. The van der Waals surface area contributed by atoms with Gasteiger partial charge in [0.05, 0.1) is 48.8 Å². The Morgan fingerprint density at radius 2 is 1.82 bits per heavy atom. The largest absolute Gasteiger partial charge is 0.504 e. The first-order chi connectivity index (χ1) is 18.7. The Bertz CT molecular complexity index is 1620. The van der Waals surface area contributed by atoms with Crippen molar-refractivity contribution in [1.29, 1.82) is 0 Å². The molecule has 2 aromatic carbocycles. The fourth-order valence-corrected chi connectivity index (χ4v) is 5.84. The summed E-state index contributed by atoms with van der Waals surface area (Å²) in [7, 11) is 1.45. The van der Waals surface area contributed by atoms with E-state index in [1.807, 2.05) is 13.8 Å². The summed E-state index contributed by atoms with van der Waals surface area (Å²) in [6.45, 7) is 8.22. The Balaban J connectivity index is 1.98. The Morgan fingerprint density at radius 1 is 1.10 bits per heavy atom. The fraction of sp³-hybridized carbons (Fsp3) is 0.321. The van der Waals surface area contributed by atoms with E-state index in [1.165, 1.54) is 11.7 Å². The van der Waals surface area contributed by atoms with Crippen LogP contribution in [0.3, 0.4) is 0 Å². The standard InChI is InChI=1S/C28H29BrN2O7S/c1-6-36-19-10-9-16(12-20(19)37-7-2)24-23(27(34)38-8-3)15(4)30-28-31(24)26(33)22(39-28)13-17-11-18(29)14-21(35-5)25(17)32/h9-14,24,32H,6-8H2,1-5H3/b22-13-/t24-/m1/s1. The van der Waals surface area contributed by atoms with Gasteiger partial charge in [0, 0.05) is 10.0 Å². The molecule has 3 aromatic rings. The van der Waals surface area contributed by atoms with Crippen molar-refractivity contribution in [2.45, 2.75) is 33.7 Å². The third-order valence-electron chi connectivity index (χ3n) is 5.98. The normalized spacial score (nSPS) is 15.0. The second kappa shape index (κ2) is 12.1. The molecule has 0 saturated heterocycles. The molecule has 1 N–H and O–H groups in total. The Labute approximate surface area is 237 Å². The number of thiazole rings is 1. The van der Waals surface area contributed by atoms with Gasteiger partial charge in [-0.3, -0.25) is 9.36 Å². The number of phenols is 1. The average molecular weight is 618 g/mol. The second-order valence-electron chi connectivity index (χ2n) is 8.42. The maximum atomic E-state index is 13.9. The monoisotopic (exact) mass is 616 g/mol. The SMILES string of the molecule is CCOC(=O)C1=C(C)N=c2s/c(=C\c3cc(Br)cc(OC)c3O)c(=O)n2[C@@H]1c1ccc(OCC)c(OCC)c1. The molecular weight excluding hydrogens is 588 g/mol. The highest BCUT2D eigenvalue weighted by Crippen LogP contribution is 2.37. The van der Waals surface area contributed by atoms with Crippen molar-refractivity contribution >= 4 is 39.3 Å². The number of fused-ring (bicyclic) bond motifs is 1. The van der Waals surface area contributed by atoms with Crippen LogP contribution in [0.15, 0.2) is 55.9 Å². The van der Waals surface area contributed by atoms with Crippen LogP contribution in [-0.2, 0) is 9.53 Å². The second-order valence-corrected chi connectivity index (χ2v) is 10.3. The number of carbonyl (C=O) groups is 1. The van der Waals surface area contributed by atoms with E-state index in [9.17, 15) is 14.7 Å². The van der Waals surface area contributed by atoms with Crippen LogP contribution < -0.4 is 29.1 Å². The summed E-state index contributed by atoms with van der Waals surface area (Å²) in [4.78, 5) is 32.1. The molecule has 11 heteroatoms. The van der Waals surface area contributed by atoms with E-state index in [0.717, 1.165) is 11.3 Å². The molecule has 0 amide bonds. The Hall–Kier alpha value is -3.57. The molecule has 1 aliphatic rings. The van der Waals surface area contributed by atoms with Crippen molar-refractivity contribution in [3.63, 3.8) is 0 Å². The number of aromatic nitrogens is 1. The summed E-state index contributed by atoms with van der Waals surface area (Å²) in [5, 5.41) is 10.7. The van der Waals surface area contributed by atoms with Crippen molar-refractivity contribution in [2.24, 2.45) is 4.99 Å². The predicted molar refractivity (Wildman–Crippen MR) is 152 cm³/mol. The van der Waals surface area contributed by atoms with Crippen LogP contribution in [0, 0.1) is 0 Å². The first-order valence-electron chi connectivity index (χ1n) is 12.4. The summed E-state index contributed by atoms with van der Waals surface area (Å²) in [6.07, 6.45) is 1.58. The van der Waals surface area contributed by atoms with Crippen molar-refractivity contribution in [3.8, 4) is 23.0 Å². The van der Waals surface area contributed by atoms with Gasteiger partial charge in [-0.2, -0.15) is 0 Å². The number of benzene rings is 2. The molecule has 0 radical (unpaired) electrons. The zero-order valence-corrected chi connectivity index (χ0v) is 24.6. The summed E-state index contributed by atoms with van der Waals surface area (Å²) in [5.41, 5.74) is 1.37. The van der Waals surface area contributed by atoms with E-state index in [0.29, 0.717) is 55.3 Å². The van der Waals surface area contributed by atoms with Crippen molar-refractivity contribution in [1.82, 2.24) is 4.57 Å². The Morgan fingerprint density at radius 3 is 2.49 bits per heavy atom. The smallest absolute Gasteiger partial charge is 0.338 e. The minimum Gasteiger partial charge on any atom is -0.504 e. The number of ether oxygens (including phenoxy) is 4. The van der Waals surface area contributed by atoms with Crippen molar-refractivity contribution < 1.29 is 28.8 Å². The van der Waals surface area contributed by atoms with Crippen LogP contribution in [0.1, 0.15) is 44.9 Å². The van der Waals surface area contributed by atoms with Gasteiger partial charge in [-0.05, 0) is 63.6 Å². The molecule has 206 valence electrons. The van der Waals surface area contributed by atoms with Gasteiger partial charge in [-0.15, -0.1) is 0 Å². The number of methoxy groups -OCH3 is 1. The number of allylic oxidation sites excluding steroid dienone is 1. The number of nitrogens with zero attached hydrogens (tertiary/aromatic N) is 2. The zero-order valence-electron chi connectivity index (χ0n) is 22.2. The van der Waals surface area contributed by atoms with E-state index in [1.54, 1.807) is 50.3 Å². The molecule has 4 rings (SSSR count). The number of hydrogen-bond acceptors (Lipinski definition) is 9. The van der Waals surface area contributed by atoms with Crippen molar-refractivity contribution in [3.05, 3.63) is 76.9 Å². The molecule has 1 aromatic heterocycles. The third-order valence-corrected chi connectivity index (χ3v) is 7.42. The molecule has 2 heterocycles. The number of esters is 1. The average Bonchev–Trinajstić information content (AvgIpc) is 3.20. The molecule has 0 fully saturated rings. The van der Waals surface area contributed by atoms with Crippen LogP contribution >= 0.6 is 27.3 Å². The zero-order chi connectivity index (χ0) is 28.3. The number of phenolic OH excluding ortho intramolecular Hbond substituents is 1. The summed E-state index contributed by atoms with van der Waals surface area (Å²) >= 11 is 4.57. The quantitative estimate of drug-likeness (QED) is 0.361. The number of aromatic hydroxyl groups is 1. The third kappa shape index (κ3) is 5.60. The highest BCUT2D eigenvalue weighted by atomic mass is 79.9. The fourth-order valence-electron chi connectivity index (χ4n) is 4.35. The van der Waals surface area contributed by atoms with E-state index in [4.69, 9.17) is 18.9 Å². The van der Waals surface area contributed by atoms with Gasteiger partial charge in [0.25, 0.3) is 5.56 Å². The van der Waals surface area contributed by atoms with E-state index in [2.05, 4.69) is 20.9 Å². The van der Waals surface area contributed by atoms with Gasteiger partial charge in [-0.1, -0.05) is 33.3 Å². The maximum absolute atomic E-state index is 13.9. The molecule has 0 saturated carbocycles. The van der Waals surface area contributed by atoms with Gasteiger partial charge >= 0.3 is 5.97 Å². The van der Waals surface area contributed by atoms with Crippen LogP contribution in [0.4, 0.5) is 0 Å². The number of hydrogen-bond donors (Lipinski definition) is 1. The lowest BCUT2D eigenvalue weighted by molar-refractivity contribution is -0.139. The van der Waals surface area contributed by atoms with Gasteiger partial charge in [-0.25, -0.2) is 9.79 Å². The van der Waals surface area contributed by atoms with E-state index >= 15 is 0 Å². The molecule has 39 heavy (non-hydrogen) atoms. The molecule has 0 spiro atoms. The highest BCUT2D eigenvalue weighted by molar-refractivity contribution is 9.10. The number of carbonyl (C=O) groups excluding carboxylic acids is 1. The van der Waals surface area contributed by atoms with E-state index in [-0.39, 0.29) is 29.2 Å². The van der Waals surface area contributed by atoms with Crippen molar-refractivity contribution in [2.75, 3.05) is 26.9 Å². The van der Waals surface area contributed by atoms with Crippen LogP contribution in [0.25, 0.3) is 6.08 Å². The molecule has 0 unspecified atom stereocenters. The van der Waals surface area contributed by atoms with Gasteiger partial charge in [0.1, 0.15) is 0 Å². The number of rotatable bonds is 9. The first kappa shape index (κ1) is 28.4. The van der Waals surface area contributed by atoms with Gasteiger partial charge in [0.15, 0.2) is 27.8 Å². The minimum absolute atomic E-state index is 0.0978. The highest BCUT2D eigenvalue weighted by Gasteiger charge is 2.34. The molecule has 1 aliphatic heterocycles. The summed E-state index contributed by atoms with van der Waals surface area (Å²) in [5.74, 6) is 0.675. The lowest BCUT2D eigenvalue weighted by Crippen LogP contribution is -2.40. The lowest BCUT2D eigenvalue weighted by atomic mass is 9.95. The molecule has 0 bridgehead atoms. The number of halogens is 1. The summed E-state index contributed by atoms with van der Waals surface area (Å²) < 4.78 is 24.6. The molecule has 1 atom stereocenters. The van der Waals surface area contributed by atoms with Gasteiger partial charge in [0.2, 0.25) is 0 Å². The van der Waals surface area contributed by atoms with E-state index < -0.39 is 12.0 Å². The lowest BCUT2D eigenvalue weighted by Gasteiger charge is -2.25. The van der Waals surface area contributed by atoms with Gasteiger partial charge < -0.3 is 24.1 Å². The topological polar surface area (TPSA) is 109 Å². The maximum Gasteiger partial charge on any atom is 0.338 e. The first-order valence-corrected chi connectivity index (χ1v) is 14.0. The Kier molecular flexibility index (Phi) is 8.81.